The lowest BCUT2D eigenvalue weighted by Crippen LogP contribution is -2.18. The van der Waals surface area contributed by atoms with Crippen molar-refractivity contribution in [1.29, 1.82) is 0 Å². The summed E-state index contributed by atoms with van der Waals surface area (Å²) in [4.78, 5) is 17.8. The number of hydrogen-bond acceptors (Lipinski definition) is 6. The van der Waals surface area contributed by atoms with Crippen molar-refractivity contribution in [2.45, 2.75) is 0 Å². The molecule has 7 nitrogen and oxygen atoms in total. The van der Waals surface area contributed by atoms with Crippen molar-refractivity contribution in [2.24, 2.45) is 0 Å². The summed E-state index contributed by atoms with van der Waals surface area (Å²) in [5, 5.41) is 5.99. The van der Waals surface area contributed by atoms with E-state index in [4.69, 9.17) is 25.6 Å². The third kappa shape index (κ3) is 3.72. The van der Waals surface area contributed by atoms with E-state index in [2.05, 4.69) is 10.1 Å². The van der Waals surface area contributed by atoms with Gasteiger partial charge >= 0.3 is 0 Å². The average Bonchev–Trinajstić information content (AvgIpc) is 3.35. The summed E-state index contributed by atoms with van der Waals surface area (Å²) < 4.78 is 17.8. The molecule has 0 amide bonds. The summed E-state index contributed by atoms with van der Waals surface area (Å²) in [6, 6.07) is 19.7. The van der Waals surface area contributed by atoms with Crippen LogP contribution in [-0.2, 0) is 0 Å². The predicted octanol–water partition coefficient (Wildman–Crippen LogP) is 5.38. The molecule has 0 spiro atoms. The standard InChI is InChI=1S/C25H18ClN3O4/c1-31-21-12-7-15(13-22(21)32-2)23-27-24(33-28-23)20-14-29(17-10-8-16(26)9-11-17)25(30)19-6-4-3-5-18(19)20/h3-14H,1-2H3. The lowest BCUT2D eigenvalue weighted by atomic mass is 10.1. The van der Waals surface area contributed by atoms with Crippen molar-refractivity contribution in [2.75, 3.05) is 14.2 Å². The summed E-state index contributed by atoms with van der Waals surface area (Å²) in [5.74, 6) is 1.84. The first-order chi connectivity index (χ1) is 16.1. The zero-order valence-corrected chi connectivity index (χ0v) is 18.5. The van der Waals surface area contributed by atoms with Crippen molar-refractivity contribution >= 4 is 22.4 Å². The first-order valence-electron chi connectivity index (χ1n) is 10.1. The largest absolute Gasteiger partial charge is 0.493 e. The molecule has 5 aromatic rings. The minimum atomic E-state index is -0.156. The van der Waals surface area contributed by atoms with E-state index in [1.165, 1.54) is 0 Å². The Morgan fingerprint density at radius 3 is 2.36 bits per heavy atom. The molecule has 8 heteroatoms. The van der Waals surface area contributed by atoms with E-state index in [0.717, 1.165) is 5.39 Å². The molecule has 2 heterocycles. The van der Waals surface area contributed by atoms with Crippen LogP contribution in [0.1, 0.15) is 0 Å². The number of hydrogen-bond donors (Lipinski definition) is 0. The van der Waals surface area contributed by atoms with Crippen LogP contribution in [0.2, 0.25) is 5.02 Å². The van der Waals surface area contributed by atoms with Gasteiger partial charge in [0.1, 0.15) is 0 Å². The first kappa shape index (κ1) is 20.8. The summed E-state index contributed by atoms with van der Waals surface area (Å²) in [6.07, 6.45) is 1.71. The normalized spacial score (nSPS) is 11.0. The highest BCUT2D eigenvalue weighted by atomic mass is 35.5. The van der Waals surface area contributed by atoms with Gasteiger partial charge in [-0.05, 0) is 48.5 Å². The molecular formula is C25H18ClN3O4. The molecule has 0 aliphatic carbocycles. The van der Waals surface area contributed by atoms with E-state index in [-0.39, 0.29) is 5.56 Å². The Balaban J connectivity index is 1.67. The highest BCUT2D eigenvalue weighted by Gasteiger charge is 2.18. The van der Waals surface area contributed by atoms with Crippen molar-refractivity contribution in [1.82, 2.24) is 14.7 Å². The second kappa shape index (κ2) is 8.44. The zero-order valence-electron chi connectivity index (χ0n) is 17.8. The number of nitrogens with zero attached hydrogens (tertiary/aromatic N) is 3. The molecule has 0 aliphatic heterocycles. The third-order valence-corrected chi connectivity index (χ3v) is 5.58. The molecule has 0 unspecified atom stereocenters. The monoisotopic (exact) mass is 459 g/mol. The van der Waals surface area contributed by atoms with E-state index in [9.17, 15) is 4.79 Å². The van der Waals surface area contributed by atoms with Crippen LogP contribution in [0.5, 0.6) is 11.5 Å². The molecule has 164 valence electrons. The van der Waals surface area contributed by atoms with E-state index in [1.54, 1.807) is 67.4 Å². The molecule has 0 N–H and O–H groups in total. The van der Waals surface area contributed by atoms with Crippen LogP contribution in [0.15, 0.2) is 82.2 Å². The lowest BCUT2D eigenvalue weighted by molar-refractivity contribution is 0.355. The second-order valence-electron chi connectivity index (χ2n) is 7.23. The molecule has 0 fully saturated rings. The van der Waals surface area contributed by atoms with Crippen LogP contribution >= 0.6 is 11.6 Å². The maximum atomic E-state index is 13.2. The highest BCUT2D eigenvalue weighted by molar-refractivity contribution is 6.30. The number of aromatic nitrogens is 3. The number of pyridine rings is 1. The molecule has 0 atom stereocenters. The molecular weight excluding hydrogens is 442 g/mol. The van der Waals surface area contributed by atoms with Gasteiger partial charge in [-0.2, -0.15) is 4.98 Å². The van der Waals surface area contributed by atoms with Crippen LogP contribution in [0, 0.1) is 0 Å². The molecule has 33 heavy (non-hydrogen) atoms. The second-order valence-corrected chi connectivity index (χ2v) is 7.67. The van der Waals surface area contributed by atoms with Crippen LogP contribution < -0.4 is 15.0 Å². The van der Waals surface area contributed by atoms with Crippen molar-refractivity contribution in [3.05, 3.63) is 88.3 Å². The number of methoxy groups -OCH3 is 2. The smallest absolute Gasteiger partial charge is 0.262 e. The molecule has 3 aromatic carbocycles. The number of rotatable bonds is 5. The Kier molecular flexibility index (Phi) is 5.32. The number of benzene rings is 3. The van der Waals surface area contributed by atoms with Gasteiger partial charge in [0.15, 0.2) is 11.5 Å². The van der Waals surface area contributed by atoms with Gasteiger partial charge in [0.05, 0.1) is 19.8 Å². The first-order valence-corrected chi connectivity index (χ1v) is 10.4. The molecule has 0 aliphatic rings. The molecule has 0 bridgehead atoms. The fraction of sp³-hybridized carbons (Fsp3) is 0.0800. The van der Waals surface area contributed by atoms with Crippen LogP contribution in [0.3, 0.4) is 0 Å². The predicted molar refractivity (Wildman–Crippen MR) is 126 cm³/mol. The fourth-order valence-corrected chi connectivity index (χ4v) is 3.81. The fourth-order valence-electron chi connectivity index (χ4n) is 3.68. The minimum Gasteiger partial charge on any atom is -0.493 e. The Morgan fingerprint density at radius 2 is 1.64 bits per heavy atom. The minimum absolute atomic E-state index is 0.156. The maximum Gasteiger partial charge on any atom is 0.262 e. The number of ether oxygens (including phenoxy) is 2. The van der Waals surface area contributed by atoms with Crippen LogP contribution in [-0.4, -0.2) is 28.9 Å². The Hall–Kier alpha value is -4.10. The van der Waals surface area contributed by atoms with Gasteiger partial charge in [0.25, 0.3) is 11.4 Å². The van der Waals surface area contributed by atoms with Crippen molar-refractivity contribution < 1.29 is 14.0 Å². The number of halogens is 1. The Morgan fingerprint density at radius 1 is 0.909 bits per heavy atom. The number of fused-ring (bicyclic) bond motifs is 1. The van der Waals surface area contributed by atoms with Gasteiger partial charge in [0.2, 0.25) is 5.82 Å². The van der Waals surface area contributed by atoms with E-state index in [1.807, 2.05) is 24.3 Å². The van der Waals surface area contributed by atoms with Gasteiger partial charge in [-0.3, -0.25) is 9.36 Å². The van der Waals surface area contributed by atoms with Gasteiger partial charge in [-0.15, -0.1) is 0 Å². The highest BCUT2D eigenvalue weighted by Crippen LogP contribution is 2.33. The van der Waals surface area contributed by atoms with Crippen molar-refractivity contribution in [3.63, 3.8) is 0 Å². The SMILES string of the molecule is COc1ccc(-c2noc(-c3cn(-c4ccc(Cl)cc4)c(=O)c4ccccc34)n2)cc1OC. The lowest BCUT2D eigenvalue weighted by Gasteiger charge is -2.10. The molecule has 2 aromatic heterocycles. The molecule has 0 saturated carbocycles. The van der Waals surface area contributed by atoms with Gasteiger partial charge in [-0.25, -0.2) is 0 Å². The van der Waals surface area contributed by atoms with Crippen LogP contribution in [0.25, 0.3) is 39.3 Å². The van der Waals surface area contributed by atoms with E-state index >= 15 is 0 Å². The van der Waals surface area contributed by atoms with Gasteiger partial charge < -0.3 is 14.0 Å². The Labute approximate surface area is 193 Å². The summed E-state index contributed by atoms with van der Waals surface area (Å²) >= 11 is 6.03. The maximum absolute atomic E-state index is 13.2. The summed E-state index contributed by atoms with van der Waals surface area (Å²) in [5.41, 5.74) is 1.87. The van der Waals surface area contributed by atoms with Crippen LogP contribution in [0.4, 0.5) is 0 Å². The quantitative estimate of drug-likeness (QED) is 0.351. The molecule has 0 saturated heterocycles. The van der Waals surface area contributed by atoms with Gasteiger partial charge in [0, 0.05) is 33.2 Å². The summed E-state index contributed by atoms with van der Waals surface area (Å²) in [7, 11) is 3.14. The molecule has 5 rings (SSSR count). The van der Waals surface area contributed by atoms with E-state index < -0.39 is 0 Å². The Bertz CT molecular complexity index is 1520. The van der Waals surface area contributed by atoms with Gasteiger partial charge in [-0.1, -0.05) is 35.0 Å². The summed E-state index contributed by atoms with van der Waals surface area (Å²) in [6.45, 7) is 0. The average molecular weight is 460 g/mol. The topological polar surface area (TPSA) is 79.4 Å². The third-order valence-electron chi connectivity index (χ3n) is 5.33. The van der Waals surface area contributed by atoms with E-state index in [0.29, 0.717) is 50.4 Å². The zero-order chi connectivity index (χ0) is 22.9. The molecule has 0 radical (unpaired) electrons. The van der Waals surface area contributed by atoms with Crippen molar-refractivity contribution in [3.8, 4) is 40.0 Å².